The highest BCUT2D eigenvalue weighted by molar-refractivity contribution is 7.10. The number of thiophene rings is 1. The summed E-state index contributed by atoms with van der Waals surface area (Å²) in [6.45, 7) is 11.6. The van der Waals surface area contributed by atoms with Gasteiger partial charge in [-0.3, -0.25) is 4.90 Å². The summed E-state index contributed by atoms with van der Waals surface area (Å²) in [7, 11) is 0. The molecule has 2 nitrogen and oxygen atoms in total. The van der Waals surface area contributed by atoms with Gasteiger partial charge in [-0.15, -0.1) is 11.3 Å². The summed E-state index contributed by atoms with van der Waals surface area (Å²) in [4.78, 5) is 4.22. The highest BCUT2D eigenvalue weighted by Crippen LogP contribution is 2.33. The first-order chi connectivity index (χ1) is 8.59. The van der Waals surface area contributed by atoms with Crippen molar-refractivity contribution in [3.05, 3.63) is 22.4 Å². The Morgan fingerprint density at radius 3 is 2.89 bits per heavy atom. The lowest BCUT2D eigenvalue weighted by Gasteiger charge is -2.48. The molecule has 1 N–H and O–H groups in total. The van der Waals surface area contributed by atoms with E-state index in [2.05, 4.69) is 55.4 Å². The molecule has 0 aromatic carbocycles. The third-order valence-electron chi connectivity index (χ3n) is 4.36. The molecule has 3 heteroatoms. The van der Waals surface area contributed by atoms with Crippen LogP contribution in [0.2, 0.25) is 0 Å². The van der Waals surface area contributed by atoms with Gasteiger partial charge in [0.15, 0.2) is 0 Å². The number of hydrogen-bond donors (Lipinski definition) is 1. The van der Waals surface area contributed by atoms with Crippen LogP contribution in [0.3, 0.4) is 0 Å². The van der Waals surface area contributed by atoms with Crippen molar-refractivity contribution >= 4 is 11.3 Å². The number of nitrogens with zero attached hydrogens (tertiary/aromatic N) is 1. The van der Waals surface area contributed by atoms with Crippen molar-refractivity contribution < 1.29 is 0 Å². The first kappa shape index (κ1) is 14.0. The molecule has 3 atom stereocenters. The molecule has 3 unspecified atom stereocenters. The number of nitrogens with one attached hydrogen (secondary N) is 1. The summed E-state index contributed by atoms with van der Waals surface area (Å²) in [6.07, 6.45) is 2.39. The highest BCUT2D eigenvalue weighted by Gasteiger charge is 2.36. The molecular formula is C15H26N2S. The second-order valence-corrected chi connectivity index (χ2v) is 6.74. The zero-order chi connectivity index (χ0) is 13.2. The maximum Gasteiger partial charge on any atom is 0.0443 e. The third kappa shape index (κ3) is 2.79. The molecule has 1 aliphatic rings. The van der Waals surface area contributed by atoms with Crippen LogP contribution in [0.4, 0.5) is 0 Å². The largest absolute Gasteiger partial charge is 0.309 e. The van der Waals surface area contributed by atoms with Gasteiger partial charge in [0.05, 0.1) is 0 Å². The van der Waals surface area contributed by atoms with E-state index >= 15 is 0 Å². The Morgan fingerprint density at radius 1 is 1.56 bits per heavy atom. The average molecular weight is 266 g/mol. The fourth-order valence-electron chi connectivity index (χ4n) is 2.86. The Kier molecular flexibility index (Phi) is 4.46. The van der Waals surface area contributed by atoms with Gasteiger partial charge < -0.3 is 5.32 Å². The minimum absolute atomic E-state index is 0.275. The van der Waals surface area contributed by atoms with Crippen LogP contribution in [-0.2, 0) is 0 Å². The molecule has 2 heterocycles. The normalized spacial score (nSPS) is 31.4. The Hall–Kier alpha value is -0.380. The molecule has 0 saturated carbocycles. The van der Waals surface area contributed by atoms with Gasteiger partial charge in [-0.2, -0.15) is 0 Å². The third-order valence-corrected chi connectivity index (χ3v) is 5.33. The molecule has 1 aliphatic heterocycles. The molecule has 102 valence electrons. The van der Waals surface area contributed by atoms with Crippen molar-refractivity contribution in [1.29, 1.82) is 0 Å². The van der Waals surface area contributed by atoms with Gasteiger partial charge in [0, 0.05) is 35.6 Å². The van der Waals surface area contributed by atoms with Crippen molar-refractivity contribution in [1.82, 2.24) is 10.2 Å². The Balaban J connectivity index is 2.18. The fourth-order valence-corrected chi connectivity index (χ4v) is 3.79. The predicted octanol–water partition coefficient (Wildman–Crippen LogP) is 3.66. The average Bonchev–Trinajstić information content (AvgIpc) is 2.89. The maximum absolute atomic E-state index is 3.71. The van der Waals surface area contributed by atoms with Crippen molar-refractivity contribution in [2.45, 2.75) is 58.2 Å². The Labute approximate surface area is 115 Å². The topological polar surface area (TPSA) is 15.3 Å². The molecule has 0 bridgehead atoms. The minimum Gasteiger partial charge on any atom is -0.309 e. The van der Waals surface area contributed by atoms with Crippen LogP contribution in [0.1, 0.15) is 51.5 Å². The quantitative estimate of drug-likeness (QED) is 0.894. The van der Waals surface area contributed by atoms with Crippen molar-refractivity contribution in [3.8, 4) is 0 Å². The van der Waals surface area contributed by atoms with Crippen LogP contribution >= 0.6 is 11.3 Å². The van der Waals surface area contributed by atoms with Crippen molar-refractivity contribution in [2.24, 2.45) is 0 Å². The lowest BCUT2D eigenvalue weighted by Crippen LogP contribution is -2.62. The Morgan fingerprint density at radius 2 is 2.33 bits per heavy atom. The highest BCUT2D eigenvalue weighted by atomic mass is 32.1. The van der Waals surface area contributed by atoms with E-state index in [1.165, 1.54) is 17.7 Å². The molecule has 1 aromatic rings. The molecule has 1 aromatic heterocycles. The Bertz CT molecular complexity index is 363. The SMILES string of the molecule is CCC(c1cccs1)N1CC(C)(CC)NCC1C. The van der Waals surface area contributed by atoms with Gasteiger partial charge in [0.2, 0.25) is 0 Å². The van der Waals surface area contributed by atoms with Gasteiger partial charge in [-0.05, 0) is 38.1 Å². The van der Waals surface area contributed by atoms with E-state index in [1.54, 1.807) is 0 Å². The van der Waals surface area contributed by atoms with Gasteiger partial charge in [-0.1, -0.05) is 19.9 Å². The standard InChI is InChI=1S/C15H26N2S/c1-5-13(14-8-7-9-18-14)17-11-15(4,6-2)16-10-12(17)3/h7-9,12-13,16H,5-6,10-11H2,1-4H3. The minimum atomic E-state index is 0.275. The van der Waals surface area contributed by atoms with Crippen molar-refractivity contribution in [2.75, 3.05) is 13.1 Å². The number of hydrogen-bond acceptors (Lipinski definition) is 3. The smallest absolute Gasteiger partial charge is 0.0443 e. The molecule has 0 spiro atoms. The van der Waals surface area contributed by atoms with E-state index in [0.717, 1.165) is 13.1 Å². The second-order valence-electron chi connectivity index (χ2n) is 5.76. The fraction of sp³-hybridized carbons (Fsp3) is 0.733. The number of rotatable bonds is 4. The molecule has 0 aliphatic carbocycles. The molecular weight excluding hydrogens is 240 g/mol. The summed E-state index contributed by atoms with van der Waals surface area (Å²) in [5.74, 6) is 0. The molecule has 0 radical (unpaired) electrons. The van der Waals surface area contributed by atoms with Crippen LogP contribution in [0.15, 0.2) is 17.5 Å². The molecule has 1 saturated heterocycles. The summed E-state index contributed by atoms with van der Waals surface area (Å²) in [5.41, 5.74) is 0.275. The lowest BCUT2D eigenvalue weighted by molar-refractivity contribution is 0.0525. The van der Waals surface area contributed by atoms with Crippen LogP contribution in [0.25, 0.3) is 0 Å². The maximum atomic E-state index is 3.71. The zero-order valence-electron chi connectivity index (χ0n) is 12.1. The molecule has 2 rings (SSSR count). The van der Waals surface area contributed by atoms with E-state index in [-0.39, 0.29) is 5.54 Å². The van der Waals surface area contributed by atoms with E-state index < -0.39 is 0 Å². The molecule has 0 amide bonds. The zero-order valence-corrected chi connectivity index (χ0v) is 12.9. The first-order valence-electron chi connectivity index (χ1n) is 7.14. The van der Waals surface area contributed by atoms with Gasteiger partial charge in [0.1, 0.15) is 0 Å². The monoisotopic (exact) mass is 266 g/mol. The van der Waals surface area contributed by atoms with Gasteiger partial charge in [-0.25, -0.2) is 0 Å². The molecule has 18 heavy (non-hydrogen) atoms. The van der Waals surface area contributed by atoms with E-state index in [9.17, 15) is 0 Å². The van der Waals surface area contributed by atoms with Crippen LogP contribution in [-0.4, -0.2) is 29.6 Å². The molecule has 1 fully saturated rings. The van der Waals surface area contributed by atoms with Crippen LogP contribution in [0.5, 0.6) is 0 Å². The van der Waals surface area contributed by atoms with Crippen LogP contribution < -0.4 is 5.32 Å². The number of piperazine rings is 1. The predicted molar refractivity (Wildman–Crippen MR) is 80.2 cm³/mol. The van der Waals surface area contributed by atoms with Gasteiger partial charge >= 0.3 is 0 Å². The summed E-state index contributed by atoms with van der Waals surface area (Å²) < 4.78 is 0. The van der Waals surface area contributed by atoms with E-state index in [4.69, 9.17) is 0 Å². The second kappa shape index (κ2) is 5.72. The van der Waals surface area contributed by atoms with E-state index in [0.29, 0.717) is 12.1 Å². The van der Waals surface area contributed by atoms with Gasteiger partial charge in [0.25, 0.3) is 0 Å². The van der Waals surface area contributed by atoms with Crippen molar-refractivity contribution in [3.63, 3.8) is 0 Å². The van der Waals surface area contributed by atoms with E-state index in [1.807, 2.05) is 11.3 Å². The first-order valence-corrected chi connectivity index (χ1v) is 8.01. The summed E-state index contributed by atoms with van der Waals surface area (Å²) >= 11 is 1.90. The lowest BCUT2D eigenvalue weighted by atomic mass is 9.92. The summed E-state index contributed by atoms with van der Waals surface area (Å²) in [5, 5.41) is 5.91. The van der Waals surface area contributed by atoms with Crippen LogP contribution in [0, 0.1) is 0 Å². The summed E-state index contributed by atoms with van der Waals surface area (Å²) in [6, 6.07) is 5.68.